The van der Waals surface area contributed by atoms with Crippen molar-refractivity contribution in [2.24, 2.45) is 0 Å². The molecule has 1 aromatic carbocycles. The number of nitrogens with one attached hydrogen (secondary N) is 2. The van der Waals surface area contributed by atoms with Crippen LogP contribution in [0.4, 0.5) is 5.69 Å². The molecule has 0 radical (unpaired) electrons. The van der Waals surface area contributed by atoms with Gasteiger partial charge in [0.1, 0.15) is 0 Å². The van der Waals surface area contributed by atoms with E-state index in [1.54, 1.807) is 24.3 Å². The zero-order chi connectivity index (χ0) is 19.8. The third-order valence-electron chi connectivity index (χ3n) is 3.71. The number of nitrogens with zero attached hydrogens (tertiary/aromatic N) is 1. The van der Waals surface area contributed by atoms with E-state index in [2.05, 4.69) is 22.4 Å². The summed E-state index contributed by atoms with van der Waals surface area (Å²) < 4.78 is 6.27. The fourth-order valence-corrected chi connectivity index (χ4v) is 4.73. The van der Waals surface area contributed by atoms with Gasteiger partial charge in [0.25, 0.3) is 0 Å². The molecule has 0 fully saturated rings. The number of anilines is 1. The molecule has 2 unspecified atom stereocenters. The Morgan fingerprint density at radius 1 is 1.41 bits per heavy atom. The fraction of sp³-hybridized carbons (Fsp3) is 0.412. The molecule has 0 aliphatic heterocycles. The van der Waals surface area contributed by atoms with Gasteiger partial charge < -0.3 is 15.2 Å². The Bertz CT molecular complexity index is 819. The van der Waals surface area contributed by atoms with Crippen molar-refractivity contribution in [1.82, 2.24) is 10.2 Å². The lowest BCUT2D eigenvalue weighted by atomic mass is 10.1. The second-order valence-corrected chi connectivity index (χ2v) is 8.81. The molecule has 0 aliphatic carbocycles. The van der Waals surface area contributed by atoms with Crippen LogP contribution in [-0.4, -0.2) is 39.5 Å². The first kappa shape index (κ1) is 21.5. The molecule has 2 aromatic rings. The molecular formula is C17H21N3O4S3. The van der Waals surface area contributed by atoms with Crippen molar-refractivity contribution in [3.8, 4) is 0 Å². The normalized spacial score (nSPS) is 13.1. The maximum atomic E-state index is 12.7. The van der Waals surface area contributed by atoms with Crippen molar-refractivity contribution in [2.45, 2.75) is 41.9 Å². The molecule has 0 saturated carbocycles. The summed E-state index contributed by atoms with van der Waals surface area (Å²) in [6.07, 6.45) is 1.61. The summed E-state index contributed by atoms with van der Waals surface area (Å²) in [6, 6.07) is 6.60. The number of thioether (sulfide) groups is 1. The largest absolute Gasteiger partial charge is 0.479 e. The van der Waals surface area contributed by atoms with E-state index in [-0.39, 0.29) is 11.2 Å². The van der Waals surface area contributed by atoms with Crippen molar-refractivity contribution in [2.75, 3.05) is 12.4 Å². The third-order valence-corrected chi connectivity index (χ3v) is 6.16. The van der Waals surface area contributed by atoms with Crippen molar-refractivity contribution in [3.05, 3.63) is 33.8 Å². The lowest BCUT2D eigenvalue weighted by molar-refractivity contribution is -0.148. The summed E-state index contributed by atoms with van der Waals surface area (Å²) in [5, 5.41) is 18.6. The number of aromatic nitrogens is 2. The van der Waals surface area contributed by atoms with E-state index in [1.165, 1.54) is 30.2 Å². The van der Waals surface area contributed by atoms with Gasteiger partial charge in [-0.05, 0) is 36.3 Å². The van der Waals surface area contributed by atoms with Crippen LogP contribution < -0.4 is 5.32 Å². The SMILES string of the molecule is CCCCC(Sc1n[nH]c(=S)s1)C(=O)Nc1ccc(C(OC)C(=O)O)cc1. The Kier molecular flexibility index (Phi) is 8.42. The average Bonchev–Trinajstić information content (AvgIpc) is 3.05. The van der Waals surface area contributed by atoms with Crippen molar-refractivity contribution in [1.29, 1.82) is 0 Å². The number of carboxylic acid groups (broad SMARTS) is 1. The van der Waals surface area contributed by atoms with E-state index in [0.717, 1.165) is 23.6 Å². The molecule has 2 rings (SSSR count). The molecule has 0 bridgehead atoms. The molecule has 0 aliphatic rings. The van der Waals surface area contributed by atoms with E-state index < -0.39 is 12.1 Å². The van der Waals surface area contributed by atoms with E-state index in [4.69, 9.17) is 22.1 Å². The topological polar surface area (TPSA) is 104 Å². The number of methoxy groups -OCH3 is 1. The van der Waals surface area contributed by atoms with Gasteiger partial charge in [0, 0.05) is 12.8 Å². The van der Waals surface area contributed by atoms with Crippen molar-refractivity contribution >= 4 is 52.9 Å². The average molecular weight is 428 g/mol. The zero-order valence-electron chi connectivity index (χ0n) is 14.9. The van der Waals surface area contributed by atoms with Gasteiger partial charge in [0.05, 0.1) is 5.25 Å². The number of carboxylic acids is 1. The molecular weight excluding hydrogens is 406 g/mol. The van der Waals surface area contributed by atoms with Gasteiger partial charge >= 0.3 is 5.97 Å². The Labute approximate surface area is 170 Å². The Morgan fingerprint density at radius 2 is 2.11 bits per heavy atom. The Hall–Kier alpha value is -1.75. The molecule has 0 saturated heterocycles. The van der Waals surface area contributed by atoms with Crippen molar-refractivity contribution < 1.29 is 19.4 Å². The summed E-state index contributed by atoms with van der Waals surface area (Å²) in [4.78, 5) is 23.8. The number of hydrogen-bond acceptors (Lipinski definition) is 7. The number of carbonyl (C=O) groups excluding carboxylic acids is 1. The van der Waals surface area contributed by atoms with Crippen LogP contribution in [0.25, 0.3) is 0 Å². The third kappa shape index (κ3) is 6.42. The number of H-pyrrole nitrogens is 1. The van der Waals surface area contributed by atoms with Gasteiger partial charge in [0.2, 0.25) is 5.91 Å². The standard InChI is InChI=1S/C17H21N3O4S3/c1-3-4-5-12(26-17-20-19-16(25)27-17)14(21)18-11-8-6-10(7-9-11)13(24-2)15(22)23/h6-9,12-13H,3-5H2,1-2H3,(H,18,21)(H,19,25)(H,22,23). The quantitative estimate of drug-likeness (QED) is 0.384. The van der Waals surface area contributed by atoms with Crippen LogP contribution in [0.1, 0.15) is 37.9 Å². The smallest absolute Gasteiger partial charge is 0.337 e. The Morgan fingerprint density at radius 3 is 2.63 bits per heavy atom. The van der Waals surface area contributed by atoms with Gasteiger partial charge in [-0.15, -0.1) is 0 Å². The molecule has 1 aromatic heterocycles. The molecule has 7 nitrogen and oxygen atoms in total. The number of unbranched alkanes of at least 4 members (excludes halogenated alkanes) is 1. The highest BCUT2D eigenvalue weighted by atomic mass is 32.2. The van der Waals surface area contributed by atoms with Crippen molar-refractivity contribution in [3.63, 3.8) is 0 Å². The minimum absolute atomic E-state index is 0.121. The first-order chi connectivity index (χ1) is 12.9. The fourth-order valence-electron chi connectivity index (χ4n) is 2.36. The highest BCUT2D eigenvalue weighted by Crippen LogP contribution is 2.29. The monoisotopic (exact) mass is 427 g/mol. The van der Waals surface area contributed by atoms with Gasteiger partial charge in [0.15, 0.2) is 14.4 Å². The molecule has 146 valence electrons. The lowest BCUT2D eigenvalue weighted by Gasteiger charge is -2.16. The highest BCUT2D eigenvalue weighted by molar-refractivity contribution is 8.02. The number of amides is 1. The second kappa shape index (κ2) is 10.5. The predicted octanol–water partition coefficient (Wildman–Crippen LogP) is 4.26. The molecule has 1 heterocycles. The van der Waals surface area contributed by atoms with Gasteiger partial charge in [-0.25, -0.2) is 4.79 Å². The number of rotatable bonds is 10. The molecule has 2 atom stereocenters. The maximum absolute atomic E-state index is 12.7. The summed E-state index contributed by atoms with van der Waals surface area (Å²) in [5.41, 5.74) is 1.11. The summed E-state index contributed by atoms with van der Waals surface area (Å²) >= 11 is 7.78. The van der Waals surface area contributed by atoms with E-state index in [1.807, 2.05) is 0 Å². The number of carbonyl (C=O) groups is 2. The molecule has 3 N–H and O–H groups in total. The summed E-state index contributed by atoms with van der Waals surface area (Å²) in [6.45, 7) is 2.07. The predicted molar refractivity (Wildman–Crippen MR) is 109 cm³/mol. The highest BCUT2D eigenvalue weighted by Gasteiger charge is 2.22. The molecule has 10 heteroatoms. The molecule has 1 amide bonds. The zero-order valence-corrected chi connectivity index (χ0v) is 17.4. The van der Waals surface area contributed by atoms with E-state index in [0.29, 0.717) is 15.2 Å². The number of ether oxygens (including phenoxy) is 1. The van der Waals surface area contributed by atoms with Crippen LogP contribution in [0, 0.1) is 3.95 Å². The Balaban J connectivity index is 2.06. The second-order valence-electron chi connectivity index (χ2n) is 5.69. The number of aromatic amines is 1. The lowest BCUT2D eigenvalue weighted by Crippen LogP contribution is -2.25. The van der Waals surface area contributed by atoms with Crippen LogP contribution >= 0.6 is 35.3 Å². The van der Waals surface area contributed by atoms with Crippen LogP contribution in [0.5, 0.6) is 0 Å². The van der Waals surface area contributed by atoms with Crippen LogP contribution in [0.15, 0.2) is 28.6 Å². The van der Waals surface area contributed by atoms with Gasteiger partial charge in [-0.1, -0.05) is 55.0 Å². The first-order valence-electron chi connectivity index (χ1n) is 8.33. The minimum Gasteiger partial charge on any atom is -0.479 e. The number of aliphatic carboxylic acids is 1. The van der Waals surface area contributed by atoms with Gasteiger partial charge in [-0.2, -0.15) is 5.10 Å². The van der Waals surface area contributed by atoms with E-state index in [9.17, 15) is 9.59 Å². The van der Waals surface area contributed by atoms with Gasteiger partial charge in [-0.3, -0.25) is 9.89 Å². The maximum Gasteiger partial charge on any atom is 0.337 e. The van der Waals surface area contributed by atoms with Crippen LogP contribution in [-0.2, 0) is 14.3 Å². The molecule has 0 spiro atoms. The minimum atomic E-state index is -1.06. The summed E-state index contributed by atoms with van der Waals surface area (Å²) in [7, 11) is 1.34. The number of benzene rings is 1. The first-order valence-corrected chi connectivity index (χ1v) is 10.4. The van der Waals surface area contributed by atoms with Crippen LogP contribution in [0.3, 0.4) is 0 Å². The van der Waals surface area contributed by atoms with E-state index >= 15 is 0 Å². The van der Waals surface area contributed by atoms with Crippen LogP contribution in [0.2, 0.25) is 0 Å². The molecule has 27 heavy (non-hydrogen) atoms. The summed E-state index contributed by atoms with van der Waals surface area (Å²) in [5.74, 6) is -1.18. The number of hydrogen-bond donors (Lipinski definition) is 3.